The van der Waals surface area contributed by atoms with Crippen LogP contribution in [0.2, 0.25) is 10.0 Å². The summed E-state index contributed by atoms with van der Waals surface area (Å²) < 4.78 is 0. The Morgan fingerprint density at radius 3 is 2.62 bits per heavy atom. The maximum atomic E-state index is 11.8. The summed E-state index contributed by atoms with van der Waals surface area (Å²) in [6.45, 7) is 0. The van der Waals surface area contributed by atoms with Gasteiger partial charge in [0.2, 0.25) is 5.91 Å². The van der Waals surface area contributed by atoms with Gasteiger partial charge in [0, 0.05) is 17.1 Å². The van der Waals surface area contributed by atoms with Crippen molar-refractivity contribution in [3.8, 4) is 0 Å². The van der Waals surface area contributed by atoms with E-state index in [0.29, 0.717) is 33.6 Å². The van der Waals surface area contributed by atoms with Crippen LogP contribution in [0.25, 0.3) is 0 Å². The molecule has 0 unspecified atom stereocenters. The second kappa shape index (κ2) is 7.59. The Balaban J connectivity index is 1.82. The molecule has 1 amide bonds. The Labute approximate surface area is 137 Å². The molecule has 2 aromatic carbocycles. The Morgan fingerprint density at radius 1 is 1.14 bits per heavy atom. The van der Waals surface area contributed by atoms with Crippen LogP contribution >= 0.6 is 35.0 Å². The molecule has 2 aromatic rings. The minimum Gasteiger partial charge on any atom is -0.398 e. The average Bonchev–Trinajstić information content (AvgIpc) is 2.45. The Hall–Kier alpha value is -1.36. The first-order valence-electron chi connectivity index (χ1n) is 6.28. The number of hydrogen-bond acceptors (Lipinski definition) is 3. The lowest BCUT2D eigenvalue weighted by molar-refractivity contribution is -0.115. The third kappa shape index (κ3) is 4.84. The fourth-order valence-corrected chi connectivity index (χ4v) is 2.95. The molecule has 0 radical (unpaired) electrons. The predicted octanol–water partition coefficient (Wildman–Crippen LogP) is 4.70. The fourth-order valence-electron chi connectivity index (χ4n) is 1.63. The van der Waals surface area contributed by atoms with E-state index < -0.39 is 0 Å². The molecule has 0 atom stereocenters. The fraction of sp³-hybridized carbons (Fsp3) is 0.133. The molecule has 3 N–H and O–H groups in total. The van der Waals surface area contributed by atoms with Crippen LogP contribution < -0.4 is 11.1 Å². The lowest BCUT2D eigenvalue weighted by atomic mass is 10.3. The van der Waals surface area contributed by atoms with Crippen molar-refractivity contribution >= 4 is 52.2 Å². The van der Waals surface area contributed by atoms with Gasteiger partial charge in [0.05, 0.1) is 21.4 Å². The van der Waals surface area contributed by atoms with Gasteiger partial charge in [-0.1, -0.05) is 35.3 Å². The maximum Gasteiger partial charge on any atom is 0.225 e. The SMILES string of the molecule is Nc1ccc(SCCC(=O)Nc2ccccc2Cl)cc1Cl. The zero-order chi connectivity index (χ0) is 15.2. The number of para-hydroxylation sites is 1. The summed E-state index contributed by atoms with van der Waals surface area (Å²) in [5, 5.41) is 3.85. The summed E-state index contributed by atoms with van der Waals surface area (Å²) in [5.41, 5.74) is 6.83. The van der Waals surface area contributed by atoms with Crippen LogP contribution in [0.15, 0.2) is 47.4 Å². The molecule has 0 aliphatic heterocycles. The maximum absolute atomic E-state index is 11.8. The van der Waals surface area contributed by atoms with E-state index in [2.05, 4.69) is 5.32 Å². The number of rotatable bonds is 5. The van der Waals surface area contributed by atoms with Crippen LogP contribution in [0.4, 0.5) is 11.4 Å². The highest BCUT2D eigenvalue weighted by atomic mass is 35.5. The molecule has 0 aliphatic carbocycles. The average molecular weight is 341 g/mol. The number of thioether (sulfide) groups is 1. The monoisotopic (exact) mass is 340 g/mol. The van der Waals surface area contributed by atoms with Crippen LogP contribution in [0.5, 0.6) is 0 Å². The lowest BCUT2D eigenvalue weighted by Crippen LogP contribution is -2.12. The van der Waals surface area contributed by atoms with Gasteiger partial charge in [-0.2, -0.15) is 0 Å². The highest BCUT2D eigenvalue weighted by molar-refractivity contribution is 7.99. The van der Waals surface area contributed by atoms with E-state index in [9.17, 15) is 4.79 Å². The number of carbonyl (C=O) groups is 1. The molecule has 0 fully saturated rings. The van der Waals surface area contributed by atoms with Crippen LogP contribution in [0, 0.1) is 0 Å². The van der Waals surface area contributed by atoms with E-state index >= 15 is 0 Å². The van der Waals surface area contributed by atoms with E-state index in [0.717, 1.165) is 4.90 Å². The molecule has 3 nitrogen and oxygen atoms in total. The van der Waals surface area contributed by atoms with Crippen molar-refractivity contribution in [2.45, 2.75) is 11.3 Å². The van der Waals surface area contributed by atoms with E-state index in [-0.39, 0.29) is 5.91 Å². The van der Waals surface area contributed by atoms with Crippen molar-refractivity contribution in [1.82, 2.24) is 0 Å². The van der Waals surface area contributed by atoms with Crippen LogP contribution in [-0.4, -0.2) is 11.7 Å². The van der Waals surface area contributed by atoms with E-state index in [4.69, 9.17) is 28.9 Å². The van der Waals surface area contributed by atoms with Gasteiger partial charge >= 0.3 is 0 Å². The summed E-state index contributed by atoms with van der Waals surface area (Å²) in [4.78, 5) is 12.8. The van der Waals surface area contributed by atoms with Crippen LogP contribution in [-0.2, 0) is 4.79 Å². The molecule has 0 spiro atoms. The molecule has 0 bridgehead atoms. The third-order valence-electron chi connectivity index (χ3n) is 2.72. The van der Waals surface area contributed by atoms with Crippen molar-refractivity contribution in [3.63, 3.8) is 0 Å². The molecule has 0 aromatic heterocycles. The minimum absolute atomic E-state index is 0.0721. The molecule has 2 rings (SSSR count). The van der Waals surface area contributed by atoms with Gasteiger partial charge in [-0.25, -0.2) is 0 Å². The molecular weight excluding hydrogens is 327 g/mol. The number of nitrogen functional groups attached to an aromatic ring is 1. The van der Waals surface area contributed by atoms with E-state index in [1.165, 1.54) is 0 Å². The summed E-state index contributed by atoms with van der Waals surface area (Å²) >= 11 is 13.5. The second-order valence-corrected chi connectivity index (χ2v) is 6.29. The highest BCUT2D eigenvalue weighted by Crippen LogP contribution is 2.27. The lowest BCUT2D eigenvalue weighted by Gasteiger charge is -2.07. The first kappa shape index (κ1) is 16.0. The Morgan fingerprint density at radius 2 is 1.90 bits per heavy atom. The van der Waals surface area contributed by atoms with Crippen molar-refractivity contribution < 1.29 is 4.79 Å². The van der Waals surface area contributed by atoms with E-state index in [1.54, 1.807) is 36.0 Å². The smallest absolute Gasteiger partial charge is 0.225 e. The molecule has 110 valence electrons. The van der Waals surface area contributed by atoms with Crippen molar-refractivity contribution in [2.24, 2.45) is 0 Å². The normalized spacial score (nSPS) is 10.4. The van der Waals surface area contributed by atoms with Gasteiger partial charge < -0.3 is 11.1 Å². The number of amides is 1. The highest BCUT2D eigenvalue weighted by Gasteiger charge is 2.06. The number of halogens is 2. The molecule has 6 heteroatoms. The van der Waals surface area contributed by atoms with E-state index in [1.807, 2.05) is 18.2 Å². The van der Waals surface area contributed by atoms with Gasteiger partial charge in [0.25, 0.3) is 0 Å². The summed E-state index contributed by atoms with van der Waals surface area (Å²) in [7, 11) is 0. The van der Waals surface area contributed by atoms with Crippen LogP contribution in [0.1, 0.15) is 6.42 Å². The van der Waals surface area contributed by atoms with Gasteiger partial charge in [0.15, 0.2) is 0 Å². The number of nitrogens with two attached hydrogens (primary N) is 1. The second-order valence-electron chi connectivity index (χ2n) is 4.31. The van der Waals surface area contributed by atoms with Crippen molar-refractivity contribution in [2.75, 3.05) is 16.8 Å². The number of nitrogens with one attached hydrogen (secondary N) is 1. The zero-order valence-corrected chi connectivity index (χ0v) is 13.4. The zero-order valence-electron chi connectivity index (χ0n) is 11.1. The topological polar surface area (TPSA) is 55.1 Å². The van der Waals surface area contributed by atoms with Crippen molar-refractivity contribution in [1.29, 1.82) is 0 Å². The standard InChI is InChI=1S/C15H14Cl2N2OS/c16-11-3-1-2-4-14(11)19-15(20)7-8-21-10-5-6-13(18)12(17)9-10/h1-6,9H,7-8,18H2,(H,19,20). The first-order chi connectivity index (χ1) is 10.1. The number of hydrogen-bond donors (Lipinski definition) is 2. The Kier molecular flexibility index (Phi) is 5.79. The minimum atomic E-state index is -0.0721. The summed E-state index contributed by atoms with van der Waals surface area (Å²) in [5.74, 6) is 0.577. The van der Waals surface area contributed by atoms with Crippen molar-refractivity contribution in [3.05, 3.63) is 52.5 Å². The molecule has 0 aliphatic rings. The van der Waals surface area contributed by atoms with Crippen LogP contribution in [0.3, 0.4) is 0 Å². The molecule has 0 heterocycles. The largest absolute Gasteiger partial charge is 0.398 e. The molecule has 21 heavy (non-hydrogen) atoms. The van der Waals surface area contributed by atoms with Gasteiger partial charge in [-0.05, 0) is 30.3 Å². The first-order valence-corrected chi connectivity index (χ1v) is 8.02. The van der Waals surface area contributed by atoms with Gasteiger partial charge in [-0.3, -0.25) is 4.79 Å². The Bertz CT molecular complexity index is 649. The number of carbonyl (C=O) groups excluding carboxylic acids is 1. The van der Waals surface area contributed by atoms with Gasteiger partial charge in [0.1, 0.15) is 0 Å². The molecular formula is C15H14Cl2N2OS. The van der Waals surface area contributed by atoms with Gasteiger partial charge in [-0.15, -0.1) is 11.8 Å². The summed E-state index contributed by atoms with van der Waals surface area (Å²) in [6.07, 6.45) is 0.387. The quantitative estimate of drug-likeness (QED) is 0.612. The third-order valence-corrected chi connectivity index (χ3v) is 4.37. The predicted molar refractivity (Wildman–Crippen MR) is 91.3 cm³/mol. The molecule has 0 saturated heterocycles. The molecule has 0 saturated carbocycles. The number of anilines is 2. The summed E-state index contributed by atoms with van der Waals surface area (Å²) in [6, 6.07) is 12.6. The number of benzene rings is 2.